The molecule has 2 nitrogen and oxygen atoms in total. The van der Waals surface area contributed by atoms with Crippen LogP contribution in [-0.2, 0) is 9.59 Å². The first-order chi connectivity index (χ1) is 4.22. The van der Waals surface area contributed by atoms with E-state index in [-0.39, 0.29) is 6.15 Å². The van der Waals surface area contributed by atoms with Crippen LogP contribution < -0.4 is 0 Å². The van der Waals surface area contributed by atoms with Crippen LogP contribution in [0.2, 0.25) is 0 Å². The number of rotatable bonds is 1. The second kappa shape index (κ2) is 10.2. The van der Waals surface area contributed by atoms with E-state index in [0.717, 1.165) is 0 Å². The monoisotopic (exact) mass is 128 g/mol. The van der Waals surface area contributed by atoms with Gasteiger partial charge in [0.1, 0.15) is 0 Å². The molecule has 0 N–H and O–H groups in total. The summed E-state index contributed by atoms with van der Waals surface area (Å²) < 4.78 is 0. The van der Waals surface area contributed by atoms with Gasteiger partial charge in [0.25, 0.3) is 0 Å². The Labute approximate surface area is 55.6 Å². The first kappa shape index (κ1) is 11.0. The highest BCUT2D eigenvalue weighted by molar-refractivity contribution is 5.20. The van der Waals surface area contributed by atoms with Crippen molar-refractivity contribution in [2.24, 2.45) is 0 Å². The van der Waals surface area contributed by atoms with Crippen LogP contribution in [0.1, 0.15) is 27.2 Å². The van der Waals surface area contributed by atoms with E-state index in [2.05, 4.69) is 26.8 Å². The van der Waals surface area contributed by atoms with Gasteiger partial charge in [0, 0.05) is 0 Å². The fourth-order valence-corrected chi connectivity index (χ4v) is 0.204. The van der Waals surface area contributed by atoms with Gasteiger partial charge < -0.3 is 0 Å². The van der Waals surface area contributed by atoms with Gasteiger partial charge >= 0.3 is 6.15 Å². The Hall–Kier alpha value is -0.880. The zero-order chi connectivity index (χ0) is 7.70. The van der Waals surface area contributed by atoms with Gasteiger partial charge in [-0.3, -0.25) is 0 Å². The molecule has 2 heteroatoms. The summed E-state index contributed by atoms with van der Waals surface area (Å²) in [5.41, 5.74) is 1.47. The van der Waals surface area contributed by atoms with Crippen molar-refractivity contribution in [3.63, 3.8) is 0 Å². The molecule has 0 amide bonds. The first-order valence-electron chi connectivity index (χ1n) is 2.83. The molecule has 0 bridgehead atoms. The molecular formula is C7H12O2. The van der Waals surface area contributed by atoms with Crippen molar-refractivity contribution in [3.05, 3.63) is 11.6 Å². The van der Waals surface area contributed by atoms with E-state index in [1.54, 1.807) is 0 Å². The summed E-state index contributed by atoms with van der Waals surface area (Å²) in [5, 5.41) is 0. The summed E-state index contributed by atoms with van der Waals surface area (Å²) >= 11 is 0. The molecule has 0 aliphatic heterocycles. The van der Waals surface area contributed by atoms with E-state index >= 15 is 0 Å². The Bertz CT molecular complexity index is 108. The quantitative estimate of drug-likeness (QED) is 0.504. The average Bonchev–Trinajstić information content (AvgIpc) is 1.88. The smallest absolute Gasteiger partial charge is 0.186 e. The maximum atomic E-state index is 8.12. The maximum absolute atomic E-state index is 8.12. The molecule has 52 valence electrons. The highest BCUT2D eigenvalue weighted by Crippen LogP contribution is 1.94. The van der Waals surface area contributed by atoms with Crippen molar-refractivity contribution in [1.82, 2.24) is 0 Å². The Balaban J connectivity index is 0. The molecule has 0 aromatic rings. The van der Waals surface area contributed by atoms with Crippen molar-refractivity contribution >= 4 is 6.15 Å². The molecule has 0 spiro atoms. The summed E-state index contributed by atoms with van der Waals surface area (Å²) in [6.45, 7) is 6.37. The highest BCUT2D eigenvalue weighted by atomic mass is 16.2. The lowest BCUT2D eigenvalue weighted by atomic mass is 10.2. The molecule has 0 radical (unpaired) electrons. The lowest BCUT2D eigenvalue weighted by Crippen LogP contribution is -1.63. The minimum atomic E-state index is 0.250. The van der Waals surface area contributed by atoms with Crippen LogP contribution in [-0.4, -0.2) is 6.15 Å². The van der Waals surface area contributed by atoms with Gasteiger partial charge in [0.15, 0.2) is 0 Å². The van der Waals surface area contributed by atoms with E-state index in [0.29, 0.717) is 0 Å². The zero-order valence-corrected chi connectivity index (χ0v) is 6.10. The highest BCUT2D eigenvalue weighted by Gasteiger charge is 1.73. The molecule has 0 aliphatic carbocycles. The normalized spacial score (nSPS) is 9.00. The first-order valence-corrected chi connectivity index (χ1v) is 2.83. The minimum Gasteiger partial charge on any atom is -0.186 e. The molecular weight excluding hydrogens is 116 g/mol. The molecule has 9 heavy (non-hydrogen) atoms. The third-order valence-corrected chi connectivity index (χ3v) is 1.05. The average molecular weight is 128 g/mol. The Morgan fingerprint density at radius 3 is 1.89 bits per heavy atom. The molecule has 0 heterocycles. The van der Waals surface area contributed by atoms with Gasteiger partial charge in [-0.2, -0.15) is 9.59 Å². The van der Waals surface area contributed by atoms with Crippen molar-refractivity contribution < 1.29 is 9.59 Å². The topological polar surface area (TPSA) is 34.1 Å². The molecule has 0 saturated heterocycles. The number of allylic oxidation sites excluding steroid dienone is 2. The van der Waals surface area contributed by atoms with Crippen LogP contribution in [0.3, 0.4) is 0 Å². The molecule has 0 unspecified atom stereocenters. The van der Waals surface area contributed by atoms with Gasteiger partial charge in [-0.25, -0.2) is 0 Å². The molecule has 0 aliphatic rings. The Morgan fingerprint density at radius 2 is 1.89 bits per heavy atom. The molecule has 0 rings (SSSR count). The van der Waals surface area contributed by atoms with Crippen molar-refractivity contribution in [1.29, 1.82) is 0 Å². The number of hydrogen-bond donors (Lipinski definition) is 0. The number of hydrogen-bond acceptors (Lipinski definition) is 2. The largest absolute Gasteiger partial charge is 0.373 e. The van der Waals surface area contributed by atoms with Crippen molar-refractivity contribution in [3.8, 4) is 0 Å². The fourth-order valence-electron chi connectivity index (χ4n) is 0.204. The molecule has 0 saturated carbocycles. The molecule has 0 atom stereocenters. The van der Waals surface area contributed by atoms with Crippen molar-refractivity contribution in [2.45, 2.75) is 27.2 Å². The zero-order valence-electron chi connectivity index (χ0n) is 6.10. The van der Waals surface area contributed by atoms with Gasteiger partial charge in [-0.1, -0.05) is 18.6 Å². The van der Waals surface area contributed by atoms with Crippen LogP contribution in [0.4, 0.5) is 0 Å². The summed E-state index contributed by atoms with van der Waals surface area (Å²) in [6.07, 6.45) is 3.58. The van der Waals surface area contributed by atoms with Gasteiger partial charge in [0.2, 0.25) is 0 Å². The van der Waals surface area contributed by atoms with Crippen LogP contribution in [0.5, 0.6) is 0 Å². The Morgan fingerprint density at radius 1 is 1.56 bits per heavy atom. The third-order valence-electron chi connectivity index (χ3n) is 1.05. The van der Waals surface area contributed by atoms with Crippen LogP contribution in [0, 0.1) is 0 Å². The van der Waals surface area contributed by atoms with E-state index < -0.39 is 0 Å². The van der Waals surface area contributed by atoms with Gasteiger partial charge in [-0.15, -0.1) is 0 Å². The van der Waals surface area contributed by atoms with Crippen molar-refractivity contribution in [2.75, 3.05) is 0 Å². The maximum Gasteiger partial charge on any atom is 0.373 e. The molecule has 0 aromatic heterocycles. The minimum absolute atomic E-state index is 0.250. The lowest BCUT2D eigenvalue weighted by molar-refractivity contribution is -0.191. The van der Waals surface area contributed by atoms with Crippen LogP contribution in [0.15, 0.2) is 11.6 Å². The van der Waals surface area contributed by atoms with Crippen LogP contribution in [0.25, 0.3) is 0 Å². The summed E-state index contributed by atoms with van der Waals surface area (Å²) in [6, 6.07) is 0. The Kier molecular flexibility index (Phi) is 12.4. The fraction of sp³-hybridized carbons (Fsp3) is 0.571. The summed E-state index contributed by atoms with van der Waals surface area (Å²) in [5.74, 6) is 0. The second-order valence-electron chi connectivity index (χ2n) is 1.57. The van der Waals surface area contributed by atoms with Crippen LogP contribution >= 0.6 is 0 Å². The standard InChI is InChI=1S/C6H12.CO2/c1-4-6(3)5-2;2-1-3/h4H,5H2,1-3H3;. The predicted octanol–water partition coefficient (Wildman–Crippen LogP) is 1.78. The van der Waals surface area contributed by atoms with Gasteiger partial charge in [0.05, 0.1) is 0 Å². The number of carbonyl (C=O) groups excluding carboxylic acids is 2. The lowest BCUT2D eigenvalue weighted by Gasteiger charge is -1.85. The van der Waals surface area contributed by atoms with E-state index in [1.807, 2.05) is 0 Å². The molecule has 0 fully saturated rings. The predicted molar refractivity (Wildman–Crippen MR) is 34.7 cm³/mol. The molecule has 0 aromatic carbocycles. The SMILES string of the molecule is CC=C(C)CC.O=C=O. The van der Waals surface area contributed by atoms with E-state index in [4.69, 9.17) is 9.59 Å². The van der Waals surface area contributed by atoms with E-state index in [1.165, 1.54) is 12.0 Å². The third kappa shape index (κ3) is 19.2. The summed E-state index contributed by atoms with van der Waals surface area (Å²) in [7, 11) is 0. The van der Waals surface area contributed by atoms with E-state index in [9.17, 15) is 0 Å². The summed E-state index contributed by atoms with van der Waals surface area (Å²) in [4.78, 5) is 16.2. The second-order valence-corrected chi connectivity index (χ2v) is 1.57. The van der Waals surface area contributed by atoms with Gasteiger partial charge in [-0.05, 0) is 20.3 Å².